The second-order valence-electron chi connectivity index (χ2n) is 11.8. The fourth-order valence-corrected chi connectivity index (χ4v) is 7.40. The standard InChI is InChI=1S/C37H39F2N3O6S/c1-47-34-21-20-31(23-35(34)48-2)49(45,46)42(30-18-16-28(38)17-19-30)25-36(43)41(24-27-12-6-9-15-32(27)39)33(22-26-10-4-3-5-11-26)37(44)40-29-13-7-8-14-29/h3-6,9-12,15-21,23,29,33H,7-8,13-14,22,24-25H2,1-2H3,(H,40,44)/t33-/m0/s1. The van der Waals surface area contributed by atoms with Crippen LogP contribution in [0.25, 0.3) is 0 Å². The van der Waals surface area contributed by atoms with Gasteiger partial charge in [0.15, 0.2) is 11.5 Å². The maximum atomic E-state index is 15.1. The van der Waals surface area contributed by atoms with Crippen molar-refractivity contribution in [3.63, 3.8) is 0 Å². The second kappa shape index (κ2) is 16.0. The number of methoxy groups -OCH3 is 2. The molecule has 0 spiro atoms. The van der Waals surface area contributed by atoms with Gasteiger partial charge in [-0.3, -0.25) is 13.9 Å². The van der Waals surface area contributed by atoms with Gasteiger partial charge in [0, 0.05) is 30.6 Å². The summed E-state index contributed by atoms with van der Waals surface area (Å²) in [5.74, 6) is -1.94. The number of halogens is 2. The Morgan fingerprint density at radius 2 is 1.51 bits per heavy atom. The summed E-state index contributed by atoms with van der Waals surface area (Å²) in [6.07, 6.45) is 3.62. The van der Waals surface area contributed by atoms with Crippen LogP contribution >= 0.6 is 0 Å². The first-order valence-corrected chi connectivity index (χ1v) is 17.4. The van der Waals surface area contributed by atoms with Crippen molar-refractivity contribution in [1.82, 2.24) is 10.2 Å². The SMILES string of the molecule is COc1ccc(S(=O)(=O)N(CC(=O)N(Cc2ccccc2F)[C@@H](Cc2ccccc2)C(=O)NC2CCCC2)c2ccc(F)cc2)cc1OC. The molecule has 5 rings (SSSR count). The Morgan fingerprint density at radius 1 is 0.857 bits per heavy atom. The predicted molar refractivity (Wildman–Crippen MR) is 182 cm³/mol. The number of anilines is 1. The van der Waals surface area contributed by atoms with Gasteiger partial charge in [-0.1, -0.05) is 61.4 Å². The van der Waals surface area contributed by atoms with Gasteiger partial charge in [0.1, 0.15) is 24.2 Å². The Morgan fingerprint density at radius 3 is 2.16 bits per heavy atom. The Bertz CT molecular complexity index is 1850. The topological polar surface area (TPSA) is 105 Å². The zero-order valence-electron chi connectivity index (χ0n) is 27.4. The lowest BCUT2D eigenvalue weighted by atomic mass is 10.0. The number of nitrogens with zero attached hydrogens (tertiary/aromatic N) is 2. The van der Waals surface area contributed by atoms with E-state index in [4.69, 9.17) is 9.47 Å². The summed E-state index contributed by atoms with van der Waals surface area (Å²) in [5.41, 5.74) is 0.915. The number of nitrogens with one attached hydrogen (secondary N) is 1. The molecule has 1 aliphatic rings. The third kappa shape index (κ3) is 8.55. The molecule has 4 aromatic carbocycles. The molecule has 9 nitrogen and oxygen atoms in total. The highest BCUT2D eigenvalue weighted by atomic mass is 32.2. The molecule has 0 heterocycles. The molecule has 0 aliphatic heterocycles. The van der Waals surface area contributed by atoms with Crippen LogP contribution in [0.2, 0.25) is 0 Å². The first-order valence-electron chi connectivity index (χ1n) is 16.0. The lowest BCUT2D eigenvalue weighted by Gasteiger charge is -2.34. The van der Waals surface area contributed by atoms with Gasteiger partial charge in [0.25, 0.3) is 10.0 Å². The van der Waals surface area contributed by atoms with E-state index in [1.165, 1.54) is 67.7 Å². The molecule has 0 aromatic heterocycles. The molecule has 0 bridgehead atoms. The molecular formula is C37H39F2N3O6S. The van der Waals surface area contributed by atoms with Crippen molar-refractivity contribution in [2.75, 3.05) is 25.1 Å². The molecule has 2 amide bonds. The van der Waals surface area contributed by atoms with E-state index < -0.39 is 46.1 Å². The highest BCUT2D eigenvalue weighted by molar-refractivity contribution is 7.92. The highest BCUT2D eigenvalue weighted by Gasteiger charge is 2.36. The quantitative estimate of drug-likeness (QED) is 0.177. The monoisotopic (exact) mass is 691 g/mol. The zero-order chi connectivity index (χ0) is 35.0. The largest absolute Gasteiger partial charge is 0.493 e. The van der Waals surface area contributed by atoms with Gasteiger partial charge in [-0.2, -0.15) is 0 Å². The van der Waals surface area contributed by atoms with Crippen molar-refractivity contribution in [2.24, 2.45) is 0 Å². The van der Waals surface area contributed by atoms with Gasteiger partial charge in [0.2, 0.25) is 11.8 Å². The van der Waals surface area contributed by atoms with Crippen LogP contribution in [0.5, 0.6) is 11.5 Å². The van der Waals surface area contributed by atoms with Crippen molar-refractivity contribution in [3.8, 4) is 11.5 Å². The molecule has 49 heavy (non-hydrogen) atoms. The number of hydrogen-bond donors (Lipinski definition) is 1. The Labute approximate surface area is 285 Å². The highest BCUT2D eigenvalue weighted by Crippen LogP contribution is 2.33. The van der Waals surface area contributed by atoms with Crippen LogP contribution in [-0.4, -0.2) is 58.0 Å². The lowest BCUT2D eigenvalue weighted by Crippen LogP contribution is -2.54. The van der Waals surface area contributed by atoms with Crippen LogP contribution in [0, 0.1) is 11.6 Å². The van der Waals surface area contributed by atoms with Crippen molar-refractivity contribution in [2.45, 2.75) is 55.6 Å². The average molecular weight is 692 g/mol. The van der Waals surface area contributed by atoms with E-state index in [1.807, 2.05) is 30.3 Å². The molecule has 1 saturated carbocycles. The summed E-state index contributed by atoms with van der Waals surface area (Å²) < 4.78 is 69.2. The maximum Gasteiger partial charge on any atom is 0.264 e. The van der Waals surface area contributed by atoms with Crippen LogP contribution in [0.4, 0.5) is 14.5 Å². The molecule has 0 saturated heterocycles. The number of carbonyl (C=O) groups is 2. The van der Waals surface area contributed by atoms with Crippen molar-refractivity contribution >= 4 is 27.5 Å². The second-order valence-corrected chi connectivity index (χ2v) is 13.7. The minimum absolute atomic E-state index is 0.00499. The van der Waals surface area contributed by atoms with Gasteiger partial charge < -0.3 is 19.7 Å². The molecule has 1 aliphatic carbocycles. The molecule has 1 N–H and O–H groups in total. The fourth-order valence-electron chi connectivity index (χ4n) is 5.97. The minimum Gasteiger partial charge on any atom is -0.493 e. The Balaban J connectivity index is 1.59. The molecule has 12 heteroatoms. The number of sulfonamides is 1. The molecule has 0 unspecified atom stereocenters. The van der Waals surface area contributed by atoms with Crippen LogP contribution in [0.3, 0.4) is 0 Å². The van der Waals surface area contributed by atoms with Crippen molar-refractivity contribution < 1.29 is 36.3 Å². The summed E-state index contributed by atoms with van der Waals surface area (Å²) >= 11 is 0. The summed E-state index contributed by atoms with van der Waals surface area (Å²) in [4.78, 5) is 29.7. The number of carbonyl (C=O) groups excluding carboxylic acids is 2. The third-order valence-corrected chi connectivity index (χ3v) is 10.4. The molecule has 1 fully saturated rings. The van der Waals surface area contributed by atoms with Gasteiger partial charge in [-0.15, -0.1) is 0 Å². The maximum absolute atomic E-state index is 15.1. The minimum atomic E-state index is -4.50. The number of amides is 2. The van der Waals surface area contributed by atoms with Crippen molar-refractivity contribution in [1.29, 1.82) is 0 Å². The van der Waals surface area contributed by atoms with Gasteiger partial charge in [0.05, 0.1) is 24.8 Å². The van der Waals surface area contributed by atoms with E-state index in [-0.39, 0.29) is 40.9 Å². The van der Waals surface area contributed by atoms with Crippen LogP contribution in [-0.2, 0) is 32.6 Å². The lowest BCUT2D eigenvalue weighted by molar-refractivity contribution is -0.140. The average Bonchev–Trinajstić information content (AvgIpc) is 3.63. The summed E-state index contributed by atoms with van der Waals surface area (Å²) in [5, 5.41) is 3.08. The Kier molecular flexibility index (Phi) is 11.5. The number of benzene rings is 4. The first-order chi connectivity index (χ1) is 23.6. The molecule has 4 aromatic rings. The van der Waals surface area contributed by atoms with Gasteiger partial charge >= 0.3 is 0 Å². The van der Waals surface area contributed by atoms with Crippen LogP contribution < -0.4 is 19.1 Å². The van der Waals surface area contributed by atoms with E-state index in [2.05, 4.69) is 5.32 Å². The number of ether oxygens (including phenoxy) is 2. The van der Waals surface area contributed by atoms with E-state index >= 15 is 4.39 Å². The summed E-state index contributed by atoms with van der Waals surface area (Å²) in [6, 6.07) is 22.5. The molecule has 258 valence electrons. The van der Waals surface area contributed by atoms with Crippen molar-refractivity contribution in [3.05, 3.63) is 120 Å². The van der Waals surface area contributed by atoms with Gasteiger partial charge in [-0.25, -0.2) is 17.2 Å². The molecular weight excluding hydrogens is 652 g/mol. The zero-order valence-corrected chi connectivity index (χ0v) is 28.2. The fraction of sp³-hybridized carbons (Fsp3) is 0.297. The Hall–Kier alpha value is -4.97. The van der Waals surface area contributed by atoms with Gasteiger partial charge in [-0.05, 0) is 60.9 Å². The number of rotatable bonds is 14. The summed E-state index contributed by atoms with van der Waals surface area (Å²) in [7, 11) is -1.73. The summed E-state index contributed by atoms with van der Waals surface area (Å²) in [6.45, 7) is -1.09. The van der Waals surface area contributed by atoms with Crippen LogP contribution in [0.15, 0.2) is 102 Å². The van der Waals surface area contributed by atoms with E-state index in [9.17, 15) is 22.4 Å². The van der Waals surface area contributed by atoms with E-state index in [1.54, 1.807) is 6.07 Å². The van der Waals surface area contributed by atoms with Crippen LogP contribution in [0.1, 0.15) is 36.8 Å². The predicted octanol–water partition coefficient (Wildman–Crippen LogP) is 5.88. The number of hydrogen-bond acceptors (Lipinski definition) is 6. The van der Waals surface area contributed by atoms with E-state index in [0.717, 1.165) is 47.7 Å². The van der Waals surface area contributed by atoms with E-state index in [0.29, 0.717) is 5.75 Å². The third-order valence-electron chi connectivity index (χ3n) is 8.61. The normalized spacial score (nSPS) is 13.8. The first kappa shape index (κ1) is 35.3. The smallest absolute Gasteiger partial charge is 0.264 e. The molecule has 0 radical (unpaired) electrons. The molecule has 1 atom stereocenters.